The van der Waals surface area contributed by atoms with Crippen molar-refractivity contribution < 1.29 is 18.3 Å². The van der Waals surface area contributed by atoms with Crippen molar-refractivity contribution in [2.24, 2.45) is 0 Å². The summed E-state index contributed by atoms with van der Waals surface area (Å²) in [7, 11) is -1.52. The minimum absolute atomic E-state index is 0.269. The van der Waals surface area contributed by atoms with Crippen molar-refractivity contribution in [1.29, 1.82) is 0 Å². The topological polar surface area (TPSA) is 66.8 Å². The predicted molar refractivity (Wildman–Crippen MR) is 101 cm³/mol. The summed E-state index contributed by atoms with van der Waals surface area (Å²) in [6.07, 6.45) is 2.35. The summed E-state index contributed by atoms with van der Waals surface area (Å²) in [5.41, 5.74) is 3.29. The van der Waals surface area contributed by atoms with Gasteiger partial charge in [0, 0.05) is 25.9 Å². The molecule has 0 aliphatic carbocycles. The Hall–Kier alpha value is -1.89. The fourth-order valence-electron chi connectivity index (χ4n) is 3.45. The van der Waals surface area contributed by atoms with Crippen molar-refractivity contribution in [3.8, 4) is 5.75 Å². The van der Waals surface area contributed by atoms with E-state index in [0.29, 0.717) is 6.54 Å². The molecule has 0 saturated heterocycles. The number of rotatable bonds is 5. The van der Waals surface area contributed by atoms with Crippen LogP contribution in [0.3, 0.4) is 0 Å². The van der Waals surface area contributed by atoms with Crippen molar-refractivity contribution in [2.75, 3.05) is 33.0 Å². The number of hydrogen-bond donors (Lipinski definition) is 1. The molecule has 0 amide bonds. The van der Waals surface area contributed by atoms with Gasteiger partial charge in [-0.05, 0) is 47.7 Å². The van der Waals surface area contributed by atoms with Crippen molar-refractivity contribution >= 4 is 9.84 Å². The molecule has 1 atom stereocenters. The SMILES string of the molecule is COc1cccc2c1CCN(CC(O)c1ccc(S(C)(=O)=O)cc1)CC2. The highest BCUT2D eigenvalue weighted by Gasteiger charge is 2.20. The molecule has 1 aliphatic heterocycles. The van der Waals surface area contributed by atoms with Gasteiger partial charge in [0.15, 0.2) is 9.84 Å². The number of nitrogens with zero attached hydrogens (tertiary/aromatic N) is 1. The van der Waals surface area contributed by atoms with E-state index in [0.717, 1.165) is 37.2 Å². The van der Waals surface area contributed by atoms with Gasteiger partial charge in [0.25, 0.3) is 0 Å². The molecule has 0 spiro atoms. The summed E-state index contributed by atoms with van der Waals surface area (Å²) in [5.74, 6) is 0.932. The zero-order valence-corrected chi connectivity index (χ0v) is 16.0. The third-order valence-electron chi connectivity index (χ3n) is 4.95. The summed E-state index contributed by atoms with van der Waals surface area (Å²) in [6, 6.07) is 12.6. The van der Waals surface area contributed by atoms with Crippen LogP contribution in [-0.2, 0) is 22.7 Å². The number of aliphatic hydroxyl groups excluding tert-OH is 1. The van der Waals surface area contributed by atoms with Crippen LogP contribution in [0.2, 0.25) is 0 Å². The smallest absolute Gasteiger partial charge is 0.175 e. The summed E-state index contributed by atoms with van der Waals surface area (Å²) >= 11 is 0. The number of β-amino-alcohol motifs (C(OH)–C–C–N with tert-alkyl or cyclic N) is 1. The summed E-state index contributed by atoms with van der Waals surface area (Å²) in [5, 5.41) is 10.6. The molecular formula is C20H25NO4S. The van der Waals surface area contributed by atoms with Crippen LogP contribution in [0.1, 0.15) is 22.8 Å². The molecule has 26 heavy (non-hydrogen) atoms. The lowest BCUT2D eigenvalue weighted by atomic mass is 10.0. The van der Waals surface area contributed by atoms with Gasteiger partial charge in [-0.2, -0.15) is 0 Å². The van der Waals surface area contributed by atoms with Crippen LogP contribution >= 0.6 is 0 Å². The van der Waals surface area contributed by atoms with Crippen LogP contribution < -0.4 is 4.74 Å². The van der Waals surface area contributed by atoms with E-state index < -0.39 is 15.9 Å². The molecule has 0 radical (unpaired) electrons. The van der Waals surface area contributed by atoms with Crippen LogP contribution in [0.25, 0.3) is 0 Å². The Kier molecular flexibility index (Phi) is 5.65. The first kappa shape index (κ1) is 18.9. The normalized spacial score (nSPS) is 16.6. The molecule has 1 aliphatic rings. The largest absolute Gasteiger partial charge is 0.496 e. The molecule has 0 fully saturated rings. The first-order chi connectivity index (χ1) is 12.4. The van der Waals surface area contributed by atoms with Gasteiger partial charge in [-0.25, -0.2) is 8.42 Å². The first-order valence-corrected chi connectivity index (χ1v) is 10.6. The van der Waals surface area contributed by atoms with E-state index in [1.807, 2.05) is 12.1 Å². The molecule has 0 aromatic heterocycles. The first-order valence-electron chi connectivity index (χ1n) is 8.73. The summed E-state index contributed by atoms with van der Waals surface area (Å²) in [6.45, 7) is 2.25. The highest BCUT2D eigenvalue weighted by atomic mass is 32.2. The van der Waals surface area contributed by atoms with Crippen LogP contribution in [0.15, 0.2) is 47.4 Å². The molecule has 0 saturated carbocycles. The van der Waals surface area contributed by atoms with Gasteiger partial charge in [0.1, 0.15) is 5.75 Å². The minimum atomic E-state index is -3.22. The van der Waals surface area contributed by atoms with Gasteiger partial charge in [0.2, 0.25) is 0 Å². The summed E-state index contributed by atoms with van der Waals surface area (Å²) < 4.78 is 28.6. The Morgan fingerprint density at radius 3 is 2.46 bits per heavy atom. The number of benzene rings is 2. The highest BCUT2D eigenvalue weighted by Crippen LogP contribution is 2.26. The lowest BCUT2D eigenvalue weighted by Crippen LogP contribution is -2.31. The second-order valence-electron chi connectivity index (χ2n) is 6.76. The van der Waals surface area contributed by atoms with Crippen molar-refractivity contribution in [1.82, 2.24) is 4.90 Å². The Morgan fingerprint density at radius 2 is 1.81 bits per heavy atom. The predicted octanol–water partition coefficient (Wildman–Crippen LogP) is 2.23. The van der Waals surface area contributed by atoms with Crippen molar-refractivity contribution in [3.05, 3.63) is 59.2 Å². The maximum Gasteiger partial charge on any atom is 0.175 e. The fraction of sp³-hybridized carbons (Fsp3) is 0.400. The van der Waals surface area contributed by atoms with E-state index in [2.05, 4.69) is 11.0 Å². The second-order valence-corrected chi connectivity index (χ2v) is 8.77. The molecule has 0 bridgehead atoms. The van der Waals surface area contributed by atoms with E-state index >= 15 is 0 Å². The van der Waals surface area contributed by atoms with Gasteiger partial charge in [-0.1, -0.05) is 24.3 Å². The maximum absolute atomic E-state index is 11.5. The number of sulfone groups is 1. The third-order valence-corrected chi connectivity index (χ3v) is 6.08. The van der Waals surface area contributed by atoms with Crippen LogP contribution in [0.5, 0.6) is 5.75 Å². The Labute approximate surface area is 155 Å². The lowest BCUT2D eigenvalue weighted by molar-refractivity contribution is 0.115. The molecule has 5 nitrogen and oxygen atoms in total. The highest BCUT2D eigenvalue weighted by molar-refractivity contribution is 7.90. The number of hydrogen-bond acceptors (Lipinski definition) is 5. The lowest BCUT2D eigenvalue weighted by Gasteiger charge is -2.23. The summed E-state index contributed by atoms with van der Waals surface area (Å²) in [4.78, 5) is 2.51. The van der Waals surface area contributed by atoms with Gasteiger partial charge in [-0.3, -0.25) is 4.90 Å². The number of methoxy groups -OCH3 is 1. The minimum Gasteiger partial charge on any atom is -0.496 e. The molecule has 1 unspecified atom stereocenters. The third kappa shape index (κ3) is 4.26. The molecule has 6 heteroatoms. The maximum atomic E-state index is 11.5. The molecule has 2 aromatic carbocycles. The fourth-order valence-corrected chi connectivity index (χ4v) is 4.08. The monoisotopic (exact) mass is 375 g/mol. The van der Waals surface area contributed by atoms with Gasteiger partial charge >= 0.3 is 0 Å². The Morgan fingerprint density at radius 1 is 1.12 bits per heavy atom. The molecule has 3 rings (SSSR count). The number of aliphatic hydroxyl groups is 1. The van der Waals surface area contributed by atoms with Crippen molar-refractivity contribution in [3.63, 3.8) is 0 Å². The van der Waals surface area contributed by atoms with Crippen LogP contribution in [0, 0.1) is 0 Å². The van der Waals surface area contributed by atoms with E-state index in [9.17, 15) is 13.5 Å². The van der Waals surface area contributed by atoms with Crippen molar-refractivity contribution in [2.45, 2.75) is 23.8 Å². The van der Waals surface area contributed by atoms with Crippen LogP contribution in [0.4, 0.5) is 0 Å². The quantitative estimate of drug-likeness (QED) is 0.868. The van der Waals surface area contributed by atoms with E-state index in [1.54, 1.807) is 31.4 Å². The van der Waals surface area contributed by atoms with E-state index in [4.69, 9.17) is 4.74 Å². The van der Waals surface area contributed by atoms with E-state index in [1.165, 1.54) is 17.4 Å². The van der Waals surface area contributed by atoms with E-state index in [-0.39, 0.29) is 4.90 Å². The average Bonchev–Trinajstić information content (AvgIpc) is 2.83. The molecular weight excluding hydrogens is 350 g/mol. The van der Waals surface area contributed by atoms with Crippen LogP contribution in [-0.4, -0.2) is 51.4 Å². The second kappa shape index (κ2) is 7.78. The standard InChI is InChI=1S/C20H25NO4S/c1-25-20-5-3-4-15-10-12-21(13-11-18(15)20)14-19(22)16-6-8-17(9-7-16)26(2,23)24/h3-9,19,22H,10-14H2,1-2H3. The average molecular weight is 375 g/mol. The zero-order valence-electron chi connectivity index (χ0n) is 15.2. The van der Waals surface area contributed by atoms with Gasteiger partial charge < -0.3 is 9.84 Å². The molecule has 1 N–H and O–H groups in total. The molecule has 2 aromatic rings. The Balaban J connectivity index is 1.66. The van der Waals surface area contributed by atoms with Gasteiger partial charge in [0.05, 0.1) is 18.1 Å². The number of ether oxygens (including phenoxy) is 1. The number of fused-ring (bicyclic) bond motifs is 1. The van der Waals surface area contributed by atoms with Gasteiger partial charge in [-0.15, -0.1) is 0 Å². The molecule has 1 heterocycles. The zero-order chi connectivity index (χ0) is 18.7. The Bertz CT molecular complexity index is 862. The molecule has 140 valence electrons.